The highest BCUT2D eigenvalue weighted by Crippen LogP contribution is 2.45. The minimum absolute atomic E-state index is 0.0840. The molecule has 2 atom stereocenters. The fraction of sp³-hybridized carbons (Fsp3) is 0.421. The van der Waals surface area contributed by atoms with Gasteiger partial charge in [0.1, 0.15) is 6.26 Å². The van der Waals surface area contributed by atoms with E-state index in [1.54, 1.807) is 18.6 Å². The Kier molecular flexibility index (Phi) is 3.49. The summed E-state index contributed by atoms with van der Waals surface area (Å²) in [5.74, 6) is 0.0840. The van der Waals surface area contributed by atoms with E-state index in [-0.39, 0.29) is 11.3 Å². The summed E-state index contributed by atoms with van der Waals surface area (Å²) in [5.41, 5.74) is 2.26. The highest BCUT2D eigenvalue weighted by atomic mass is 16.3. The molecule has 1 amide bonds. The van der Waals surface area contributed by atoms with Gasteiger partial charge in [-0.25, -0.2) is 0 Å². The van der Waals surface area contributed by atoms with Gasteiger partial charge in [-0.05, 0) is 38.1 Å². The summed E-state index contributed by atoms with van der Waals surface area (Å²) in [7, 11) is 2.18. The first-order valence-corrected chi connectivity index (χ1v) is 8.28. The Morgan fingerprint density at radius 2 is 1.96 bits per heavy atom. The summed E-state index contributed by atoms with van der Waals surface area (Å²) >= 11 is 0. The van der Waals surface area contributed by atoms with Crippen LogP contribution in [0.4, 0.5) is 0 Å². The second kappa shape index (κ2) is 5.53. The Balaban J connectivity index is 1.62. The van der Waals surface area contributed by atoms with Crippen molar-refractivity contribution in [2.45, 2.75) is 24.3 Å². The molecule has 2 aromatic rings. The number of rotatable bonds is 2. The van der Waals surface area contributed by atoms with E-state index in [1.165, 1.54) is 12.0 Å². The van der Waals surface area contributed by atoms with Crippen LogP contribution in [0.3, 0.4) is 0 Å². The summed E-state index contributed by atoms with van der Waals surface area (Å²) in [4.78, 5) is 17.0. The predicted molar refractivity (Wildman–Crippen MR) is 88.4 cm³/mol. The van der Waals surface area contributed by atoms with Crippen molar-refractivity contribution < 1.29 is 9.21 Å². The Morgan fingerprint density at radius 3 is 2.70 bits per heavy atom. The van der Waals surface area contributed by atoms with Gasteiger partial charge >= 0.3 is 0 Å². The number of carbonyl (C=O) groups is 1. The zero-order chi connectivity index (χ0) is 15.9. The number of fused-ring (bicyclic) bond motifs is 1. The standard InChI is InChI=1S/C19H22N2O2/c1-20-10-8-19(16-5-3-2-4-6-16)9-11-21(13-17(19)20)18(22)15-7-12-23-14-15/h2-7,12,14,17H,8-11,13H2,1H3. The third kappa shape index (κ3) is 2.29. The first-order valence-electron chi connectivity index (χ1n) is 8.28. The Bertz CT molecular complexity index is 683. The molecule has 0 bridgehead atoms. The van der Waals surface area contributed by atoms with Gasteiger partial charge in [0.15, 0.2) is 0 Å². The molecule has 0 spiro atoms. The van der Waals surface area contributed by atoms with Gasteiger partial charge in [0.25, 0.3) is 5.91 Å². The zero-order valence-electron chi connectivity index (χ0n) is 13.4. The van der Waals surface area contributed by atoms with Gasteiger partial charge in [-0.15, -0.1) is 0 Å². The topological polar surface area (TPSA) is 36.7 Å². The second-order valence-electron chi connectivity index (χ2n) is 6.78. The molecule has 1 aromatic heterocycles. The van der Waals surface area contributed by atoms with E-state index in [1.807, 2.05) is 4.90 Å². The Hall–Kier alpha value is -2.07. The minimum atomic E-state index is 0.0840. The lowest BCUT2D eigenvalue weighted by Gasteiger charge is -2.46. The lowest BCUT2D eigenvalue weighted by Crippen LogP contribution is -2.56. The molecular formula is C19H22N2O2. The van der Waals surface area contributed by atoms with Crippen LogP contribution in [-0.4, -0.2) is 48.4 Å². The number of hydrogen-bond donors (Lipinski definition) is 0. The SMILES string of the molecule is CN1CCC2(c3ccccc3)CCN(C(=O)c3ccoc3)CC12. The number of nitrogens with zero attached hydrogens (tertiary/aromatic N) is 2. The average molecular weight is 310 g/mol. The number of likely N-dealkylation sites (tertiary alicyclic amines) is 2. The average Bonchev–Trinajstić information content (AvgIpc) is 3.24. The molecule has 2 aliphatic heterocycles. The first kappa shape index (κ1) is 14.5. The van der Waals surface area contributed by atoms with Gasteiger partial charge in [-0.3, -0.25) is 4.79 Å². The van der Waals surface area contributed by atoms with Crippen LogP contribution < -0.4 is 0 Å². The van der Waals surface area contributed by atoms with Crippen molar-refractivity contribution in [1.29, 1.82) is 0 Å². The fourth-order valence-electron chi connectivity index (χ4n) is 4.36. The maximum Gasteiger partial charge on any atom is 0.257 e. The van der Waals surface area contributed by atoms with Crippen LogP contribution in [0.1, 0.15) is 28.8 Å². The van der Waals surface area contributed by atoms with Gasteiger partial charge in [0, 0.05) is 24.5 Å². The molecule has 2 fully saturated rings. The molecule has 0 N–H and O–H groups in total. The van der Waals surface area contributed by atoms with E-state index in [2.05, 4.69) is 42.3 Å². The molecule has 23 heavy (non-hydrogen) atoms. The number of benzene rings is 1. The maximum atomic E-state index is 12.6. The van der Waals surface area contributed by atoms with Crippen molar-refractivity contribution in [3.8, 4) is 0 Å². The van der Waals surface area contributed by atoms with Crippen molar-refractivity contribution in [3.05, 3.63) is 60.1 Å². The summed E-state index contributed by atoms with van der Waals surface area (Å²) in [6.07, 6.45) is 5.30. The number of likely N-dealkylation sites (N-methyl/N-ethyl adjacent to an activating group) is 1. The Morgan fingerprint density at radius 1 is 1.17 bits per heavy atom. The molecule has 0 aliphatic carbocycles. The number of carbonyl (C=O) groups excluding carboxylic acids is 1. The molecule has 2 unspecified atom stereocenters. The van der Waals surface area contributed by atoms with E-state index >= 15 is 0 Å². The molecule has 0 radical (unpaired) electrons. The molecular weight excluding hydrogens is 288 g/mol. The van der Waals surface area contributed by atoms with Gasteiger partial charge in [-0.2, -0.15) is 0 Å². The van der Waals surface area contributed by atoms with Crippen molar-refractivity contribution >= 4 is 5.91 Å². The Labute approximate surface area is 136 Å². The van der Waals surface area contributed by atoms with Crippen molar-refractivity contribution in [2.24, 2.45) is 0 Å². The fourth-order valence-corrected chi connectivity index (χ4v) is 4.36. The summed E-state index contributed by atoms with van der Waals surface area (Å²) in [6.45, 7) is 2.69. The van der Waals surface area contributed by atoms with Crippen molar-refractivity contribution in [2.75, 3.05) is 26.7 Å². The second-order valence-corrected chi connectivity index (χ2v) is 6.78. The van der Waals surface area contributed by atoms with Gasteiger partial charge in [-0.1, -0.05) is 30.3 Å². The third-order valence-corrected chi connectivity index (χ3v) is 5.71. The first-order chi connectivity index (χ1) is 11.2. The maximum absolute atomic E-state index is 12.6. The molecule has 4 heteroatoms. The van der Waals surface area contributed by atoms with E-state index in [4.69, 9.17) is 4.42 Å². The molecule has 1 aromatic carbocycles. The summed E-state index contributed by atoms with van der Waals surface area (Å²) in [5, 5.41) is 0. The monoisotopic (exact) mass is 310 g/mol. The van der Waals surface area contributed by atoms with Crippen LogP contribution in [0.2, 0.25) is 0 Å². The van der Waals surface area contributed by atoms with Crippen LogP contribution >= 0.6 is 0 Å². The van der Waals surface area contributed by atoms with Crippen LogP contribution in [0.15, 0.2) is 53.3 Å². The molecule has 2 saturated heterocycles. The normalized spacial score (nSPS) is 27.9. The number of piperidine rings is 1. The highest BCUT2D eigenvalue weighted by Gasteiger charge is 2.50. The number of furan rings is 1. The van der Waals surface area contributed by atoms with Gasteiger partial charge in [0.2, 0.25) is 0 Å². The zero-order valence-corrected chi connectivity index (χ0v) is 13.4. The van der Waals surface area contributed by atoms with Crippen LogP contribution in [0.25, 0.3) is 0 Å². The van der Waals surface area contributed by atoms with Crippen molar-refractivity contribution in [3.63, 3.8) is 0 Å². The smallest absolute Gasteiger partial charge is 0.257 e. The van der Waals surface area contributed by atoms with E-state index in [0.717, 1.165) is 26.1 Å². The molecule has 0 saturated carbocycles. The lowest BCUT2D eigenvalue weighted by atomic mass is 9.69. The molecule has 4 rings (SSSR count). The molecule has 3 heterocycles. The lowest BCUT2D eigenvalue weighted by molar-refractivity contribution is 0.0552. The van der Waals surface area contributed by atoms with E-state index in [9.17, 15) is 4.79 Å². The number of hydrogen-bond acceptors (Lipinski definition) is 3. The van der Waals surface area contributed by atoms with Crippen LogP contribution in [0, 0.1) is 0 Å². The van der Waals surface area contributed by atoms with Crippen molar-refractivity contribution in [1.82, 2.24) is 9.80 Å². The highest BCUT2D eigenvalue weighted by molar-refractivity contribution is 5.94. The molecule has 4 nitrogen and oxygen atoms in total. The summed E-state index contributed by atoms with van der Waals surface area (Å²) < 4.78 is 5.07. The third-order valence-electron chi connectivity index (χ3n) is 5.71. The summed E-state index contributed by atoms with van der Waals surface area (Å²) in [6, 6.07) is 13.0. The van der Waals surface area contributed by atoms with E-state index < -0.39 is 0 Å². The predicted octanol–water partition coefficient (Wildman–Crippen LogP) is 2.77. The number of amides is 1. The minimum Gasteiger partial charge on any atom is -0.472 e. The van der Waals surface area contributed by atoms with Gasteiger partial charge < -0.3 is 14.2 Å². The van der Waals surface area contributed by atoms with Gasteiger partial charge in [0.05, 0.1) is 11.8 Å². The van der Waals surface area contributed by atoms with Crippen LogP contribution in [0.5, 0.6) is 0 Å². The van der Waals surface area contributed by atoms with E-state index in [0.29, 0.717) is 11.6 Å². The largest absolute Gasteiger partial charge is 0.472 e. The van der Waals surface area contributed by atoms with Crippen LogP contribution in [-0.2, 0) is 5.41 Å². The molecule has 2 aliphatic rings. The molecule has 120 valence electrons. The quantitative estimate of drug-likeness (QED) is 0.856.